The summed E-state index contributed by atoms with van der Waals surface area (Å²) in [6.45, 7) is 5.50. The standard InChI is InChI=1S/C17H25N3S/c1-2-9-20(10-6-14-8-12-21-13-14)11-7-15-4-3-5-16(18)17(15)19/h3-5,8,12-13H,2,6-7,9-11,18-19H2,1H3. The fourth-order valence-corrected chi connectivity index (χ4v) is 3.21. The molecule has 0 aliphatic rings. The minimum atomic E-state index is 0.688. The van der Waals surface area contributed by atoms with E-state index in [0.29, 0.717) is 5.69 Å². The minimum absolute atomic E-state index is 0.688. The third-order valence-electron chi connectivity index (χ3n) is 3.76. The van der Waals surface area contributed by atoms with E-state index in [1.807, 2.05) is 12.1 Å². The van der Waals surface area contributed by atoms with Crippen LogP contribution in [0.15, 0.2) is 35.0 Å². The monoisotopic (exact) mass is 303 g/mol. The van der Waals surface area contributed by atoms with E-state index in [1.165, 1.54) is 12.0 Å². The number of thiophene rings is 1. The number of para-hydroxylation sites is 1. The molecule has 1 aromatic heterocycles. The Morgan fingerprint density at radius 2 is 1.86 bits per heavy atom. The van der Waals surface area contributed by atoms with Crippen molar-refractivity contribution >= 4 is 22.7 Å². The lowest BCUT2D eigenvalue weighted by molar-refractivity contribution is 0.281. The van der Waals surface area contributed by atoms with E-state index in [4.69, 9.17) is 11.5 Å². The molecule has 1 aromatic carbocycles. The second-order valence-corrected chi connectivity index (χ2v) is 6.17. The van der Waals surface area contributed by atoms with Crippen LogP contribution >= 0.6 is 11.3 Å². The molecule has 0 unspecified atom stereocenters. The number of benzene rings is 1. The van der Waals surface area contributed by atoms with Gasteiger partial charge in [0.2, 0.25) is 0 Å². The minimum Gasteiger partial charge on any atom is -0.397 e. The van der Waals surface area contributed by atoms with Crippen LogP contribution in [0, 0.1) is 0 Å². The average Bonchev–Trinajstić information content (AvgIpc) is 2.99. The third kappa shape index (κ3) is 4.76. The summed E-state index contributed by atoms with van der Waals surface area (Å²) in [5.74, 6) is 0. The maximum absolute atomic E-state index is 6.05. The van der Waals surface area contributed by atoms with Gasteiger partial charge in [0.25, 0.3) is 0 Å². The molecule has 1 heterocycles. The molecule has 21 heavy (non-hydrogen) atoms. The molecule has 0 atom stereocenters. The van der Waals surface area contributed by atoms with Gasteiger partial charge in [-0.25, -0.2) is 0 Å². The van der Waals surface area contributed by atoms with Gasteiger partial charge in [0.15, 0.2) is 0 Å². The van der Waals surface area contributed by atoms with Crippen molar-refractivity contribution in [2.45, 2.75) is 26.2 Å². The molecule has 114 valence electrons. The van der Waals surface area contributed by atoms with Crippen molar-refractivity contribution in [3.8, 4) is 0 Å². The molecule has 0 saturated heterocycles. The highest BCUT2D eigenvalue weighted by Crippen LogP contribution is 2.20. The molecule has 0 radical (unpaired) electrons. The van der Waals surface area contributed by atoms with Crippen LogP contribution in [-0.2, 0) is 12.8 Å². The van der Waals surface area contributed by atoms with E-state index in [2.05, 4.69) is 34.7 Å². The van der Waals surface area contributed by atoms with Crippen LogP contribution < -0.4 is 11.5 Å². The number of hydrogen-bond donors (Lipinski definition) is 2. The molecule has 3 nitrogen and oxygen atoms in total. The molecule has 4 heteroatoms. The lowest BCUT2D eigenvalue weighted by atomic mass is 10.1. The molecule has 0 saturated carbocycles. The lowest BCUT2D eigenvalue weighted by Gasteiger charge is -2.22. The number of nitrogen functional groups attached to an aromatic ring is 2. The van der Waals surface area contributed by atoms with Gasteiger partial charge in [-0.3, -0.25) is 0 Å². The summed E-state index contributed by atoms with van der Waals surface area (Å²) < 4.78 is 0. The molecule has 4 N–H and O–H groups in total. The van der Waals surface area contributed by atoms with Crippen LogP contribution in [0.2, 0.25) is 0 Å². The van der Waals surface area contributed by atoms with Crippen molar-refractivity contribution in [1.29, 1.82) is 0 Å². The van der Waals surface area contributed by atoms with E-state index in [9.17, 15) is 0 Å². The topological polar surface area (TPSA) is 55.3 Å². The predicted molar refractivity (Wildman–Crippen MR) is 93.7 cm³/mol. The average molecular weight is 303 g/mol. The van der Waals surface area contributed by atoms with E-state index < -0.39 is 0 Å². The second-order valence-electron chi connectivity index (χ2n) is 5.39. The Balaban J connectivity index is 1.88. The van der Waals surface area contributed by atoms with Crippen LogP contribution in [0.25, 0.3) is 0 Å². The number of anilines is 2. The van der Waals surface area contributed by atoms with Gasteiger partial charge in [-0.2, -0.15) is 11.3 Å². The molecule has 0 aliphatic heterocycles. The van der Waals surface area contributed by atoms with Crippen molar-refractivity contribution < 1.29 is 0 Å². The van der Waals surface area contributed by atoms with Crippen LogP contribution in [0.1, 0.15) is 24.5 Å². The van der Waals surface area contributed by atoms with Crippen LogP contribution in [0.4, 0.5) is 11.4 Å². The van der Waals surface area contributed by atoms with Gasteiger partial charge in [0, 0.05) is 13.1 Å². The second kappa shape index (κ2) is 8.05. The van der Waals surface area contributed by atoms with Crippen molar-refractivity contribution in [1.82, 2.24) is 4.90 Å². The van der Waals surface area contributed by atoms with Gasteiger partial charge in [-0.1, -0.05) is 19.1 Å². The lowest BCUT2D eigenvalue weighted by Crippen LogP contribution is -2.29. The van der Waals surface area contributed by atoms with Crippen molar-refractivity contribution in [3.63, 3.8) is 0 Å². The van der Waals surface area contributed by atoms with Gasteiger partial charge in [-0.15, -0.1) is 0 Å². The SMILES string of the molecule is CCCN(CCc1ccsc1)CCc1cccc(N)c1N. The Morgan fingerprint density at radius 3 is 2.57 bits per heavy atom. The van der Waals surface area contributed by atoms with E-state index >= 15 is 0 Å². The number of nitrogens with two attached hydrogens (primary N) is 2. The molecular weight excluding hydrogens is 278 g/mol. The Kier molecular flexibility index (Phi) is 6.08. The third-order valence-corrected chi connectivity index (χ3v) is 4.50. The van der Waals surface area contributed by atoms with Crippen molar-refractivity contribution in [2.75, 3.05) is 31.1 Å². The summed E-state index contributed by atoms with van der Waals surface area (Å²) in [6.07, 6.45) is 3.26. The number of rotatable bonds is 8. The van der Waals surface area contributed by atoms with Gasteiger partial charge in [0.05, 0.1) is 11.4 Å². The first-order valence-electron chi connectivity index (χ1n) is 7.57. The quantitative estimate of drug-likeness (QED) is 0.735. The van der Waals surface area contributed by atoms with Crippen LogP contribution in [-0.4, -0.2) is 24.5 Å². The summed E-state index contributed by atoms with van der Waals surface area (Å²) in [5.41, 5.74) is 15.9. The first-order valence-corrected chi connectivity index (χ1v) is 8.51. The first-order chi connectivity index (χ1) is 10.2. The molecule has 2 aromatic rings. The highest BCUT2D eigenvalue weighted by Gasteiger charge is 2.07. The molecule has 0 aliphatic carbocycles. The van der Waals surface area contributed by atoms with E-state index in [-0.39, 0.29) is 0 Å². The molecule has 0 spiro atoms. The molecule has 0 bridgehead atoms. The van der Waals surface area contributed by atoms with Gasteiger partial charge in [-0.05, 0) is 59.8 Å². The number of nitrogens with zero attached hydrogens (tertiary/aromatic N) is 1. The Morgan fingerprint density at radius 1 is 1.05 bits per heavy atom. The Labute approximate surface area is 131 Å². The Bertz CT molecular complexity index is 537. The van der Waals surface area contributed by atoms with Crippen LogP contribution in [0.5, 0.6) is 0 Å². The van der Waals surface area contributed by atoms with E-state index in [1.54, 1.807) is 11.3 Å². The summed E-state index contributed by atoms with van der Waals surface area (Å²) in [5, 5.41) is 4.38. The highest BCUT2D eigenvalue weighted by atomic mass is 32.1. The maximum Gasteiger partial charge on any atom is 0.0580 e. The highest BCUT2D eigenvalue weighted by molar-refractivity contribution is 7.07. The zero-order chi connectivity index (χ0) is 15.1. The van der Waals surface area contributed by atoms with E-state index in [0.717, 1.165) is 43.7 Å². The summed E-state index contributed by atoms with van der Waals surface area (Å²) in [4.78, 5) is 2.51. The van der Waals surface area contributed by atoms with Gasteiger partial charge < -0.3 is 16.4 Å². The predicted octanol–water partition coefficient (Wildman–Crippen LogP) is 3.41. The fraction of sp³-hybridized carbons (Fsp3) is 0.412. The van der Waals surface area contributed by atoms with Crippen molar-refractivity contribution in [3.05, 3.63) is 46.2 Å². The van der Waals surface area contributed by atoms with Gasteiger partial charge >= 0.3 is 0 Å². The first kappa shape index (κ1) is 15.9. The zero-order valence-electron chi connectivity index (χ0n) is 12.7. The molecule has 2 rings (SSSR count). The zero-order valence-corrected chi connectivity index (χ0v) is 13.5. The van der Waals surface area contributed by atoms with Crippen molar-refractivity contribution in [2.24, 2.45) is 0 Å². The molecule has 0 fully saturated rings. The smallest absolute Gasteiger partial charge is 0.0580 e. The normalized spacial score (nSPS) is 11.1. The maximum atomic E-state index is 6.05. The fourth-order valence-electron chi connectivity index (χ4n) is 2.50. The number of hydrogen-bond acceptors (Lipinski definition) is 4. The molecule has 0 amide bonds. The van der Waals surface area contributed by atoms with Crippen LogP contribution in [0.3, 0.4) is 0 Å². The molecular formula is C17H25N3S. The summed E-state index contributed by atoms with van der Waals surface area (Å²) in [6, 6.07) is 8.13. The largest absolute Gasteiger partial charge is 0.397 e. The Hall–Kier alpha value is -1.52. The summed E-state index contributed by atoms with van der Waals surface area (Å²) in [7, 11) is 0. The summed E-state index contributed by atoms with van der Waals surface area (Å²) >= 11 is 1.77. The van der Waals surface area contributed by atoms with Gasteiger partial charge in [0.1, 0.15) is 0 Å².